The van der Waals surface area contributed by atoms with Gasteiger partial charge in [-0.25, -0.2) is 24.4 Å². The summed E-state index contributed by atoms with van der Waals surface area (Å²) in [7, 11) is -0.236. The van der Waals surface area contributed by atoms with Gasteiger partial charge < -0.3 is 58.2 Å². The number of piperazine rings is 1. The number of alkyl carbamates (subject to hydrolysis) is 2. The summed E-state index contributed by atoms with van der Waals surface area (Å²) in [4.78, 5) is 82.3. The maximum Gasteiger partial charge on any atom is 0.410 e. The zero-order valence-electron chi connectivity index (χ0n) is 49.9. The number of methoxy groups -OCH3 is 2. The Hall–Kier alpha value is -6.48. The molecule has 4 atom stereocenters. The van der Waals surface area contributed by atoms with Crippen molar-refractivity contribution in [2.24, 2.45) is 11.8 Å². The molecule has 0 unspecified atom stereocenters. The normalized spacial score (nSPS) is 16.7. The van der Waals surface area contributed by atoms with E-state index >= 15 is 0 Å². The number of likely N-dealkylation sites (tertiary alicyclic amines) is 1. The number of carbonyl (C=O) groups is 5. The Kier molecular flexibility index (Phi) is 21.4. The molecule has 2 aromatic carbocycles. The van der Waals surface area contributed by atoms with Crippen molar-refractivity contribution in [3.05, 3.63) is 83.7 Å². The molecule has 2 fully saturated rings. The lowest BCUT2D eigenvalue weighted by molar-refractivity contribution is -0.140. The van der Waals surface area contributed by atoms with Gasteiger partial charge in [0.15, 0.2) is 0 Å². The van der Waals surface area contributed by atoms with Crippen LogP contribution in [0.5, 0.6) is 0 Å². The molecule has 2 N–H and O–H groups in total. The second-order valence-corrected chi connectivity index (χ2v) is 36.1. The van der Waals surface area contributed by atoms with Crippen LogP contribution < -0.4 is 10.6 Å². The molecular weight excluding hydrogens is 1050 g/mol. The molecule has 0 spiro atoms. The molecule has 4 aromatic rings. The quantitative estimate of drug-likeness (QED) is 0.0368. The Morgan fingerprint density at radius 3 is 1.70 bits per heavy atom. The smallest absolute Gasteiger partial charge is 0.410 e. The van der Waals surface area contributed by atoms with Gasteiger partial charge in [-0.1, -0.05) is 103 Å². The first kappa shape index (κ1) is 62.7. The third kappa shape index (κ3) is 17.3. The number of nitrogens with zero attached hydrogens (tertiary/aromatic N) is 7. The van der Waals surface area contributed by atoms with Crippen molar-refractivity contribution in [2.45, 2.75) is 156 Å². The van der Waals surface area contributed by atoms with Gasteiger partial charge >= 0.3 is 18.3 Å². The number of amides is 5. The van der Waals surface area contributed by atoms with Crippen LogP contribution in [0.2, 0.25) is 51.4 Å². The number of ether oxygens (including phenoxy) is 5. The van der Waals surface area contributed by atoms with E-state index in [-0.39, 0.29) is 62.8 Å². The first-order valence-corrected chi connectivity index (χ1v) is 35.4. The highest BCUT2D eigenvalue weighted by Gasteiger charge is 2.42. The van der Waals surface area contributed by atoms with Crippen LogP contribution in [0.3, 0.4) is 0 Å². The van der Waals surface area contributed by atoms with Gasteiger partial charge in [0.1, 0.15) is 48.8 Å². The first-order chi connectivity index (χ1) is 37.7. The van der Waals surface area contributed by atoms with E-state index in [9.17, 15) is 24.0 Å². The molecular formula is C59H87N9O10Si2. The molecule has 0 saturated carbocycles. The Labute approximate surface area is 475 Å². The third-order valence-electron chi connectivity index (χ3n) is 14.1. The summed E-state index contributed by atoms with van der Waals surface area (Å²) in [6.07, 6.45) is 3.43. The van der Waals surface area contributed by atoms with Crippen LogP contribution in [0.15, 0.2) is 60.9 Å². The Morgan fingerprint density at radius 2 is 1.20 bits per heavy atom. The van der Waals surface area contributed by atoms with Crippen LogP contribution in [-0.4, -0.2) is 151 Å². The molecule has 0 bridgehead atoms. The van der Waals surface area contributed by atoms with E-state index in [0.717, 1.165) is 58.7 Å². The van der Waals surface area contributed by atoms with Gasteiger partial charge in [0.05, 0.1) is 44.4 Å². The fraction of sp³-hybridized carbons (Fsp3) is 0.576. The Morgan fingerprint density at radius 1 is 0.688 bits per heavy atom. The van der Waals surface area contributed by atoms with Gasteiger partial charge in [0, 0.05) is 71.9 Å². The molecule has 5 amide bonds. The summed E-state index contributed by atoms with van der Waals surface area (Å²) in [5.41, 5.74) is 4.11. The minimum atomic E-state index is -1.42. The zero-order chi connectivity index (χ0) is 58.7. The van der Waals surface area contributed by atoms with E-state index in [1.165, 1.54) is 14.2 Å². The summed E-state index contributed by atoms with van der Waals surface area (Å²) in [6, 6.07) is 15.1. The van der Waals surface area contributed by atoms with Crippen LogP contribution in [0, 0.1) is 23.7 Å². The largest absolute Gasteiger partial charge is 0.453 e. The molecule has 2 aliphatic rings. The van der Waals surface area contributed by atoms with E-state index in [4.69, 9.17) is 33.7 Å². The maximum absolute atomic E-state index is 14.6. The van der Waals surface area contributed by atoms with Gasteiger partial charge in [-0.15, -0.1) is 0 Å². The molecule has 19 nitrogen and oxygen atoms in total. The van der Waals surface area contributed by atoms with Crippen molar-refractivity contribution in [1.82, 2.24) is 44.4 Å². The van der Waals surface area contributed by atoms with E-state index in [2.05, 4.69) is 66.3 Å². The average Bonchev–Trinajstić information content (AvgIpc) is 4.31. The second kappa shape index (κ2) is 27.3. The minimum Gasteiger partial charge on any atom is -0.453 e. The number of carbonyl (C=O) groups excluding carboxylic acids is 5. The molecule has 0 radical (unpaired) electrons. The highest BCUT2D eigenvalue weighted by Crippen LogP contribution is 2.36. The highest BCUT2D eigenvalue weighted by molar-refractivity contribution is 6.76. The lowest BCUT2D eigenvalue weighted by atomic mass is 10.0. The summed E-state index contributed by atoms with van der Waals surface area (Å²) < 4.78 is 32.2. The molecule has 21 heteroatoms. The number of nitrogens with one attached hydrogen (secondary N) is 2. The standard InChI is InChI=1S/C59H87N9O10Si2/c1-40(2)50(62-56(71)74-8)54(69)66-28-16-17-47(66)52-60-35-48(68(52)39-77-32-34-80(13,14)15)45-26-22-43(23-27-45)19-18-42-20-24-44(25-21-42)46-36-65(38-76-31-33-79(10,11)12)53(61-46)49-37-64(58(73)78-59(5,6)7)29-30-67(49)55(70)51(41(3)4)63-57(72)75-9/h20-27,35-36,40-41,47,49-51H,16-17,28-34,37-39H2,1-15H3,(H,62,71)(H,63,72)/t47-,49-,50-,51-/m0/s1. The van der Waals surface area contributed by atoms with Gasteiger partial charge in [0.25, 0.3) is 0 Å². The van der Waals surface area contributed by atoms with Gasteiger partial charge in [0.2, 0.25) is 11.8 Å². The molecule has 2 aromatic heterocycles. The molecule has 2 saturated heterocycles. The number of hydrogen-bond donors (Lipinski definition) is 2. The zero-order valence-corrected chi connectivity index (χ0v) is 51.9. The topological polar surface area (TPSA) is 201 Å². The summed E-state index contributed by atoms with van der Waals surface area (Å²) in [5, 5.41) is 5.48. The second-order valence-electron chi connectivity index (χ2n) is 24.9. The number of aromatic nitrogens is 4. The van der Waals surface area contributed by atoms with E-state index in [1.807, 2.05) is 119 Å². The van der Waals surface area contributed by atoms with Crippen LogP contribution >= 0.6 is 0 Å². The number of rotatable bonds is 20. The molecule has 4 heterocycles. The van der Waals surface area contributed by atoms with Crippen LogP contribution in [0.4, 0.5) is 14.4 Å². The SMILES string of the molecule is COC(=O)N[C@H](C(=O)N1CCN(C(=O)OC(C)(C)C)C[C@H]1c1nc(-c2ccc(C#Cc3ccc(-c4cnc([C@@H]5CCCN5C(=O)[C@@H](NC(=O)OC)C(C)C)n4COCC[Si](C)(C)C)cc3)cc2)cn1COCC[Si](C)(C)C)C(C)C. The number of hydrogen-bond acceptors (Lipinski definition) is 12. The van der Waals surface area contributed by atoms with Crippen molar-refractivity contribution >= 4 is 46.2 Å². The monoisotopic (exact) mass is 1140 g/mol. The van der Waals surface area contributed by atoms with E-state index in [0.29, 0.717) is 31.3 Å². The molecule has 80 heavy (non-hydrogen) atoms. The van der Waals surface area contributed by atoms with Crippen molar-refractivity contribution < 1.29 is 47.7 Å². The van der Waals surface area contributed by atoms with Crippen molar-refractivity contribution in [3.8, 4) is 34.4 Å². The average molecular weight is 1140 g/mol. The lowest BCUT2D eigenvalue weighted by Crippen LogP contribution is -2.59. The predicted octanol–water partition coefficient (Wildman–Crippen LogP) is 9.98. The van der Waals surface area contributed by atoms with E-state index in [1.54, 1.807) is 9.80 Å². The first-order valence-electron chi connectivity index (χ1n) is 28.0. The molecule has 6 rings (SSSR count). The minimum absolute atomic E-state index is 0.0989. The van der Waals surface area contributed by atoms with Gasteiger partial charge in [-0.3, -0.25) is 9.59 Å². The van der Waals surface area contributed by atoms with Gasteiger partial charge in [-0.05, 0) is 87.4 Å². The van der Waals surface area contributed by atoms with Crippen LogP contribution in [-0.2, 0) is 46.7 Å². The molecule has 436 valence electrons. The number of imidazole rings is 2. The van der Waals surface area contributed by atoms with Crippen LogP contribution in [0.25, 0.3) is 22.5 Å². The fourth-order valence-corrected chi connectivity index (χ4v) is 11.0. The van der Waals surface area contributed by atoms with Crippen molar-refractivity contribution in [3.63, 3.8) is 0 Å². The summed E-state index contributed by atoms with van der Waals surface area (Å²) >= 11 is 0. The van der Waals surface area contributed by atoms with Gasteiger partial charge in [-0.2, -0.15) is 0 Å². The highest BCUT2D eigenvalue weighted by atomic mass is 28.3. The summed E-state index contributed by atoms with van der Waals surface area (Å²) in [6.45, 7) is 29.5. The van der Waals surface area contributed by atoms with E-state index < -0.39 is 58.2 Å². The predicted molar refractivity (Wildman–Crippen MR) is 314 cm³/mol. The third-order valence-corrected chi connectivity index (χ3v) is 17.5. The van der Waals surface area contributed by atoms with Crippen molar-refractivity contribution in [2.75, 3.05) is 53.6 Å². The Bertz CT molecular complexity index is 2820. The molecule has 2 aliphatic heterocycles. The molecule has 0 aliphatic carbocycles. The van der Waals surface area contributed by atoms with Crippen LogP contribution in [0.1, 0.15) is 96.2 Å². The lowest BCUT2D eigenvalue weighted by Gasteiger charge is -2.42. The maximum atomic E-state index is 14.6. The van der Waals surface area contributed by atoms with Crippen molar-refractivity contribution in [1.29, 1.82) is 0 Å². The number of benzene rings is 2. The fourth-order valence-electron chi connectivity index (χ4n) is 9.44. The Balaban J connectivity index is 1.28. The summed E-state index contributed by atoms with van der Waals surface area (Å²) in [5.74, 6) is 6.98.